The van der Waals surface area contributed by atoms with Crippen molar-refractivity contribution in [3.05, 3.63) is 59.9 Å². The summed E-state index contributed by atoms with van der Waals surface area (Å²) in [7, 11) is 0. The van der Waals surface area contributed by atoms with Gasteiger partial charge in [0.25, 0.3) is 0 Å². The number of hydrogen-bond donors (Lipinski definition) is 2. The first-order chi connectivity index (χ1) is 8.65. The Morgan fingerprint density at radius 1 is 1.11 bits per heavy atom. The summed E-state index contributed by atoms with van der Waals surface area (Å²) >= 11 is 0. The number of guanidine groups is 1. The van der Waals surface area contributed by atoms with E-state index in [2.05, 4.69) is 10.3 Å². The monoisotopic (exact) mass is 243 g/mol. The Bertz CT molecular complexity index is 562. The number of nitrogens with one attached hydrogen (secondary N) is 1. The quantitative estimate of drug-likeness (QED) is 0.628. The molecule has 0 atom stereocenters. The molecule has 92 valence electrons. The summed E-state index contributed by atoms with van der Waals surface area (Å²) in [6, 6.07) is 13.9. The fourth-order valence-electron chi connectivity index (χ4n) is 1.48. The second-order valence-corrected chi connectivity index (χ2v) is 3.94. The van der Waals surface area contributed by atoms with Crippen molar-refractivity contribution in [3.8, 4) is 0 Å². The van der Waals surface area contributed by atoms with E-state index >= 15 is 0 Å². The molecule has 2 rings (SSSR count). The molecule has 0 unspecified atom stereocenters. The minimum atomic E-state index is -0.397. The number of aliphatic imine (C=N–C) groups is 1. The molecule has 0 aliphatic carbocycles. The van der Waals surface area contributed by atoms with Crippen molar-refractivity contribution in [1.82, 2.24) is 0 Å². The van der Waals surface area contributed by atoms with Crippen molar-refractivity contribution in [3.63, 3.8) is 0 Å². The minimum Gasteiger partial charge on any atom is -0.369 e. The number of nitrogens with two attached hydrogens (primary N) is 1. The number of nitrogens with zero attached hydrogens (tertiary/aromatic N) is 1. The van der Waals surface area contributed by atoms with E-state index < -0.39 is 5.82 Å². The van der Waals surface area contributed by atoms with Crippen LogP contribution in [0.2, 0.25) is 0 Å². The lowest BCUT2D eigenvalue weighted by Crippen LogP contribution is -2.21. The predicted molar refractivity (Wildman–Crippen MR) is 72.5 cm³/mol. The predicted octanol–water partition coefficient (Wildman–Crippen LogP) is 3.19. The minimum absolute atomic E-state index is 0.156. The van der Waals surface area contributed by atoms with E-state index in [1.807, 2.05) is 31.2 Å². The van der Waals surface area contributed by atoms with Gasteiger partial charge >= 0.3 is 0 Å². The Hall–Kier alpha value is -2.36. The van der Waals surface area contributed by atoms with Gasteiger partial charge in [-0.05, 0) is 31.2 Å². The van der Waals surface area contributed by atoms with E-state index in [0.29, 0.717) is 0 Å². The molecule has 4 heteroatoms. The average Bonchev–Trinajstić information content (AvgIpc) is 2.35. The summed E-state index contributed by atoms with van der Waals surface area (Å²) in [5.74, 6) is -0.241. The maximum atomic E-state index is 13.4. The molecule has 3 nitrogen and oxygen atoms in total. The van der Waals surface area contributed by atoms with Gasteiger partial charge < -0.3 is 11.1 Å². The first-order valence-corrected chi connectivity index (χ1v) is 5.57. The number of halogens is 1. The molecule has 0 radical (unpaired) electrons. The maximum absolute atomic E-state index is 13.4. The summed E-state index contributed by atoms with van der Waals surface area (Å²) in [6.07, 6.45) is 0. The van der Waals surface area contributed by atoms with Crippen molar-refractivity contribution in [2.45, 2.75) is 6.92 Å². The van der Waals surface area contributed by atoms with Crippen LogP contribution >= 0.6 is 0 Å². The molecule has 0 saturated heterocycles. The average molecular weight is 243 g/mol. The highest BCUT2D eigenvalue weighted by atomic mass is 19.1. The SMILES string of the molecule is Cc1ccc(NC(N)=Nc2ccccc2F)cc1. The molecule has 2 aromatic rings. The molecule has 0 bridgehead atoms. The molecule has 2 aromatic carbocycles. The van der Waals surface area contributed by atoms with Gasteiger partial charge in [-0.2, -0.15) is 0 Å². The van der Waals surface area contributed by atoms with Crippen molar-refractivity contribution < 1.29 is 4.39 Å². The molecule has 0 saturated carbocycles. The van der Waals surface area contributed by atoms with E-state index in [0.717, 1.165) is 11.3 Å². The van der Waals surface area contributed by atoms with Gasteiger partial charge in [0.2, 0.25) is 0 Å². The molecule has 0 spiro atoms. The van der Waals surface area contributed by atoms with Crippen LogP contribution in [0, 0.1) is 12.7 Å². The third-order valence-corrected chi connectivity index (χ3v) is 2.42. The van der Waals surface area contributed by atoms with Crippen LogP contribution in [0.4, 0.5) is 15.8 Å². The molecular weight excluding hydrogens is 229 g/mol. The van der Waals surface area contributed by atoms with Crippen LogP contribution in [-0.2, 0) is 0 Å². The van der Waals surface area contributed by atoms with E-state index in [9.17, 15) is 4.39 Å². The Kier molecular flexibility index (Phi) is 3.57. The van der Waals surface area contributed by atoms with Crippen LogP contribution < -0.4 is 11.1 Å². The van der Waals surface area contributed by atoms with Crippen LogP contribution in [0.5, 0.6) is 0 Å². The fraction of sp³-hybridized carbons (Fsp3) is 0.0714. The first kappa shape index (κ1) is 12.1. The second kappa shape index (κ2) is 5.31. The molecule has 3 N–H and O–H groups in total. The molecule has 0 aliphatic rings. The molecule has 0 amide bonds. The number of anilines is 1. The highest BCUT2D eigenvalue weighted by Crippen LogP contribution is 2.16. The van der Waals surface area contributed by atoms with Crippen molar-refractivity contribution in [2.24, 2.45) is 10.7 Å². The number of hydrogen-bond acceptors (Lipinski definition) is 1. The number of aryl methyl sites for hydroxylation is 1. The third kappa shape index (κ3) is 3.07. The Morgan fingerprint density at radius 3 is 2.44 bits per heavy atom. The number of para-hydroxylation sites is 1. The van der Waals surface area contributed by atoms with Gasteiger partial charge in [-0.15, -0.1) is 0 Å². The lowest BCUT2D eigenvalue weighted by molar-refractivity contribution is 0.630. The smallest absolute Gasteiger partial charge is 0.198 e. The third-order valence-electron chi connectivity index (χ3n) is 2.42. The summed E-state index contributed by atoms with van der Waals surface area (Å²) < 4.78 is 13.4. The van der Waals surface area contributed by atoms with Gasteiger partial charge in [0.1, 0.15) is 11.5 Å². The van der Waals surface area contributed by atoms with Crippen molar-refractivity contribution in [2.75, 3.05) is 5.32 Å². The Labute approximate surface area is 105 Å². The summed E-state index contributed by atoms with van der Waals surface area (Å²) in [6.45, 7) is 2.00. The maximum Gasteiger partial charge on any atom is 0.198 e. The lowest BCUT2D eigenvalue weighted by Gasteiger charge is -2.06. The standard InChI is InChI=1S/C14H14FN3/c1-10-6-8-11(9-7-10)17-14(16)18-13-5-3-2-4-12(13)15/h2-9H,1H3,(H3,16,17,18). The van der Waals surface area contributed by atoms with E-state index in [1.165, 1.54) is 6.07 Å². The molecule has 0 aromatic heterocycles. The number of benzene rings is 2. The second-order valence-electron chi connectivity index (χ2n) is 3.94. The van der Waals surface area contributed by atoms with Gasteiger partial charge in [-0.25, -0.2) is 9.38 Å². The van der Waals surface area contributed by atoms with Gasteiger partial charge in [0, 0.05) is 5.69 Å². The highest BCUT2D eigenvalue weighted by molar-refractivity contribution is 5.93. The largest absolute Gasteiger partial charge is 0.369 e. The Morgan fingerprint density at radius 2 is 1.78 bits per heavy atom. The highest BCUT2D eigenvalue weighted by Gasteiger charge is 2.00. The van der Waals surface area contributed by atoms with Crippen LogP contribution in [0.1, 0.15) is 5.56 Å². The van der Waals surface area contributed by atoms with Crippen molar-refractivity contribution >= 4 is 17.3 Å². The number of rotatable bonds is 2. The van der Waals surface area contributed by atoms with Gasteiger partial charge in [0.05, 0.1) is 0 Å². The van der Waals surface area contributed by atoms with Gasteiger partial charge in [-0.1, -0.05) is 29.8 Å². The van der Waals surface area contributed by atoms with E-state index in [1.54, 1.807) is 18.2 Å². The molecule has 0 heterocycles. The van der Waals surface area contributed by atoms with Crippen LogP contribution in [0.15, 0.2) is 53.5 Å². The van der Waals surface area contributed by atoms with E-state index in [4.69, 9.17) is 5.73 Å². The van der Waals surface area contributed by atoms with Gasteiger partial charge in [0.15, 0.2) is 5.96 Å². The summed E-state index contributed by atoms with van der Waals surface area (Å²) in [4.78, 5) is 3.98. The molecule has 18 heavy (non-hydrogen) atoms. The summed E-state index contributed by atoms with van der Waals surface area (Å²) in [5.41, 5.74) is 7.91. The molecule has 0 fully saturated rings. The Balaban J connectivity index is 2.15. The van der Waals surface area contributed by atoms with Crippen molar-refractivity contribution in [1.29, 1.82) is 0 Å². The first-order valence-electron chi connectivity index (χ1n) is 5.57. The fourth-order valence-corrected chi connectivity index (χ4v) is 1.48. The zero-order valence-corrected chi connectivity index (χ0v) is 10.0. The molecular formula is C14H14FN3. The van der Waals surface area contributed by atoms with Crippen LogP contribution in [0.3, 0.4) is 0 Å². The molecule has 0 aliphatic heterocycles. The van der Waals surface area contributed by atoms with Gasteiger partial charge in [-0.3, -0.25) is 0 Å². The lowest BCUT2D eigenvalue weighted by atomic mass is 10.2. The van der Waals surface area contributed by atoms with E-state index in [-0.39, 0.29) is 11.6 Å². The van der Waals surface area contributed by atoms with Crippen LogP contribution in [-0.4, -0.2) is 5.96 Å². The normalized spacial score (nSPS) is 11.3. The zero-order chi connectivity index (χ0) is 13.0. The summed E-state index contributed by atoms with van der Waals surface area (Å²) in [5, 5.41) is 2.91. The topological polar surface area (TPSA) is 50.4 Å². The van der Waals surface area contributed by atoms with Crippen LogP contribution in [0.25, 0.3) is 0 Å². The zero-order valence-electron chi connectivity index (χ0n) is 10.0.